The number of nitrogens with one attached hydrogen (secondary N) is 1. The number of carbonyl (C=O) groups is 2. The lowest BCUT2D eigenvalue weighted by atomic mass is 10.1. The molecule has 0 saturated carbocycles. The number of nitrogens with zero attached hydrogens (tertiary/aromatic N) is 1. The Hall–Kier alpha value is -3.28. The highest BCUT2D eigenvalue weighted by Gasteiger charge is 2.20. The Labute approximate surface area is 171 Å². The van der Waals surface area contributed by atoms with Gasteiger partial charge in [0, 0.05) is 24.7 Å². The zero-order chi connectivity index (χ0) is 20.6. The fraction of sp³-hybridized carbons (Fsp3) is 0.304. The first-order valence-corrected chi connectivity index (χ1v) is 9.72. The summed E-state index contributed by atoms with van der Waals surface area (Å²) in [4.78, 5) is 27.2. The molecule has 2 aromatic carbocycles. The summed E-state index contributed by atoms with van der Waals surface area (Å²) in [6.45, 7) is 1.52. The molecule has 6 heteroatoms. The minimum atomic E-state index is -0.325. The molecule has 0 atom stereocenters. The zero-order valence-corrected chi connectivity index (χ0v) is 16.8. The monoisotopic (exact) mass is 394 g/mol. The quantitative estimate of drug-likeness (QED) is 0.753. The van der Waals surface area contributed by atoms with Gasteiger partial charge in [-0.3, -0.25) is 9.59 Å². The number of amides is 2. The van der Waals surface area contributed by atoms with E-state index in [2.05, 4.69) is 5.32 Å². The maximum atomic E-state index is 12.9. The first kappa shape index (κ1) is 20.5. The van der Waals surface area contributed by atoms with E-state index >= 15 is 0 Å². The highest BCUT2D eigenvalue weighted by atomic mass is 16.5. The first-order chi connectivity index (χ1) is 14.1. The number of methoxy groups -OCH3 is 2. The number of likely N-dealkylation sites (tertiary alicyclic amines) is 1. The Morgan fingerprint density at radius 1 is 1.00 bits per heavy atom. The largest absolute Gasteiger partial charge is 0.497 e. The summed E-state index contributed by atoms with van der Waals surface area (Å²) in [6.07, 6.45) is 6.27. The van der Waals surface area contributed by atoms with Crippen LogP contribution >= 0.6 is 0 Å². The number of carbonyl (C=O) groups excluding carboxylic acids is 2. The van der Waals surface area contributed by atoms with Crippen LogP contribution in [0.1, 0.15) is 35.2 Å². The van der Waals surface area contributed by atoms with E-state index in [4.69, 9.17) is 9.47 Å². The minimum absolute atomic E-state index is 0.0426. The van der Waals surface area contributed by atoms with Crippen LogP contribution in [0.25, 0.3) is 6.08 Å². The fourth-order valence-electron chi connectivity index (χ4n) is 3.36. The predicted octanol–water partition coefficient (Wildman–Crippen LogP) is 3.98. The lowest BCUT2D eigenvalue weighted by Crippen LogP contribution is -2.36. The second kappa shape index (κ2) is 9.78. The molecule has 6 nitrogen and oxygen atoms in total. The van der Waals surface area contributed by atoms with Crippen molar-refractivity contribution >= 4 is 23.6 Å². The third-order valence-corrected chi connectivity index (χ3v) is 4.91. The van der Waals surface area contributed by atoms with Gasteiger partial charge in [-0.2, -0.15) is 0 Å². The number of benzene rings is 2. The molecule has 1 aliphatic heterocycles. The van der Waals surface area contributed by atoms with Crippen LogP contribution in [0.4, 0.5) is 5.69 Å². The van der Waals surface area contributed by atoms with Crippen LogP contribution < -0.4 is 14.8 Å². The molecule has 3 rings (SSSR count). The molecule has 2 amide bonds. The average molecular weight is 394 g/mol. The van der Waals surface area contributed by atoms with Crippen molar-refractivity contribution in [2.75, 3.05) is 32.6 Å². The number of anilines is 1. The lowest BCUT2D eigenvalue weighted by molar-refractivity contribution is -0.111. The molecule has 152 valence electrons. The van der Waals surface area contributed by atoms with Gasteiger partial charge in [0.15, 0.2) is 0 Å². The van der Waals surface area contributed by atoms with Gasteiger partial charge in [-0.25, -0.2) is 0 Å². The van der Waals surface area contributed by atoms with Gasteiger partial charge in [0.25, 0.3) is 5.91 Å². The van der Waals surface area contributed by atoms with Crippen LogP contribution in [0.5, 0.6) is 11.5 Å². The van der Waals surface area contributed by atoms with Crippen LogP contribution in [0, 0.1) is 0 Å². The van der Waals surface area contributed by atoms with Gasteiger partial charge in [-0.1, -0.05) is 12.1 Å². The molecule has 0 bridgehead atoms. The summed E-state index contributed by atoms with van der Waals surface area (Å²) in [5.74, 6) is 0.937. The summed E-state index contributed by atoms with van der Waals surface area (Å²) in [7, 11) is 3.15. The van der Waals surface area contributed by atoms with Crippen LogP contribution in [0.3, 0.4) is 0 Å². The standard InChI is InChI=1S/C23H26N2O4/c1-28-18-11-12-21(29-2)17(16-18)10-13-22(26)24-20-9-5-4-8-19(20)23(27)25-14-6-3-7-15-25/h4-5,8-13,16H,3,6-7,14-15H2,1-2H3,(H,24,26)/b13-10+. The zero-order valence-electron chi connectivity index (χ0n) is 16.8. The number of para-hydroxylation sites is 1. The highest BCUT2D eigenvalue weighted by Crippen LogP contribution is 2.25. The molecular weight excluding hydrogens is 368 g/mol. The normalized spacial score (nSPS) is 13.9. The molecule has 2 aromatic rings. The van der Waals surface area contributed by atoms with Gasteiger partial charge in [0.1, 0.15) is 11.5 Å². The minimum Gasteiger partial charge on any atom is -0.497 e. The number of hydrogen-bond acceptors (Lipinski definition) is 4. The molecule has 0 spiro atoms. The first-order valence-electron chi connectivity index (χ1n) is 9.72. The van der Waals surface area contributed by atoms with E-state index in [0.29, 0.717) is 22.7 Å². The second-order valence-electron chi connectivity index (χ2n) is 6.83. The van der Waals surface area contributed by atoms with Gasteiger partial charge >= 0.3 is 0 Å². The molecule has 0 aromatic heterocycles. The van der Waals surface area contributed by atoms with Crippen molar-refractivity contribution in [1.82, 2.24) is 4.90 Å². The van der Waals surface area contributed by atoms with Gasteiger partial charge < -0.3 is 19.7 Å². The van der Waals surface area contributed by atoms with Crippen molar-refractivity contribution in [2.45, 2.75) is 19.3 Å². The topological polar surface area (TPSA) is 67.9 Å². The number of rotatable bonds is 6. The van der Waals surface area contributed by atoms with E-state index in [0.717, 1.165) is 37.9 Å². The summed E-state index contributed by atoms with van der Waals surface area (Å²) >= 11 is 0. The molecule has 29 heavy (non-hydrogen) atoms. The SMILES string of the molecule is COc1ccc(OC)c(/C=C/C(=O)Nc2ccccc2C(=O)N2CCCCC2)c1. The number of hydrogen-bond donors (Lipinski definition) is 1. The summed E-state index contributed by atoms with van der Waals surface area (Å²) in [6, 6.07) is 12.5. The van der Waals surface area contributed by atoms with Crippen molar-refractivity contribution < 1.29 is 19.1 Å². The van der Waals surface area contributed by atoms with Crippen molar-refractivity contribution in [3.63, 3.8) is 0 Å². The molecule has 0 radical (unpaired) electrons. The van der Waals surface area contributed by atoms with Gasteiger partial charge in [-0.15, -0.1) is 0 Å². The van der Waals surface area contributed by atoms with Gasteiger partial charge in [-0.05, 0) is 55.7 Å². The maximum absolute atomic E-state index is 12.9. The Kier molecular flexibility index (Phi) is 6.89. The molecule has 0 aliphatic carbocycles. The Morgan fingerprint density at radius 3 is 2.48 bits per heavy atom. The molecule has 1 fully saturated rings. The third kappa shape index (κ3) is 5.16. The molecule has 1 N–H and O–H groups in total. The summed E-state index contributed by atoms with van der Waals surface area (Å²) in [5, 5.41) is 2.82. The van der Waals surface area contributed by atoms with Crippen LogP contribution in [0.15, 0.2) is 48.5 Å². The highest BCUT2D eigenvalue weighted by molar-refractivity contribution is 6.07. The van der Waals surface area contributed by atoms with Crippen LogP contribution in [-0.2, 0) is 4.79 Å². The average Bonchev–Trinajstić information content (AvgIpc) is 2.78. The van der Waals surface area contributed by atoms with Crippen LogP contribution in [0.2, 0.25) is 0 Å². The van der Waals surface area contributed by atoms with Crippen molar-refractivity contribution in [3.8, 4) is 11.5 Å². The third-order valence-electron chi connectivity index (χ3n) is 4.91. The molecule has 1 aliphatic rings. The number of piperidine rings is 1. The van der Waals surface area contributed by atoms with E-state index < -0.39 is 0 Å². The molecule has 1 saturated heterocycles. The van der Waals surface area contributed by atoms with E-state index in [1.54, 1.807) is 56.7 Å². The fourth-order valence-corrected chi connectivity index (χ4v) is 3.36. The van der Waals surface area contributed by atoms with Crippen molar-refractivity contribution in [2.24, 2.45) is 0 Å². The Balaban J connectivity index is 1.74. The maximum Gasteiger partial charge on any atom is 0.255 e. The van der Waals surface area contributed by atoms with Crippen molar-refractivity contribution in [1.29, 1.82) is 0 Å². The van der Waals surface area contributed by atoms with Crippen molar-refractivity contribution in [3.05, 3.63) is 59.7 Å². The van der Waals surface area contributed by atoms with Gasteiger partial charge in [0.05, 0.1) is 25.5 Å². The summed E-state index contributed by atoms with van der Waals surface area (Å²) in [5.41, 5.74) is 1.74. The van der Waals surface area contributed by atoms with E-state index in [9.17, 15) is 9.59 Å². The van der Waals surface area contributed by atoms with Crippen LogP contribution in [-0.4, -0.2) is 44.0 Å². The predicted molar refractivity (Wildman–Crippen MR) is 113 cm³/mol. The smallest absolute Gasteiger partial charge is 0.255 e. The molecule has 1 heterocycles. The van der Waals surface area contributed by atoms with E-state index in [-0.39, 0.29) is 11.8 Å². The Morgan fingerprint density at radius 2 is 1.76 bits per heavy atom. The summed E-state index contributed by atoms with van der Waals surface area (Å²) < 4.78 is 10.5. The van der Waals surface area contributed by atoms with E-state index in [1.165, 1.54) is 6.08 Å². The molecule has 0 unspecified atom stereocenters. The Bertz CT molecular complexity index is 902. The lowest BCUT2D eigenvalue weighted by Gasteiger charge is -2.27. The number of ether oxygens (including phenoxy) is 2. The van der Waals surface area contributed by atoms with Gasteiger partial charge in [0.2, 0.25) is 5.91 Å². The molecular formula is C23H26N2O4. The van der Waals surface area contributed by atoms with E-state index in [1.807, 2.05) is 11.0 Å². The second-order valence-corrected chi connectivity index (χ2v) is 6.83.